The van der Waals surface area contributed by atoms with Crippen LogP contribution in [0.25, 0.3) is 11.1 Å². The third-order valence-corrected chi connectivity index (χ3v) is 18.4. The lowest BCUT2D eigenvalue weighted by Crippen LogP contribution is -2.64. The van der Waals surface area contributed by atoms with Gasteiger partial charge in [-0.3, -0.25) is 33.6 Å². The summed E-state index contributed by atoms with van der Waals surface area (Å²) in [5.74, 6) is -16.0. The van der Waals surface area contributed by atoms with E-state index in [0.29, 0.717) is 0 Å². The molecule has 5 aromatic carbocycles. The Labute approximate surface area is 584 Å². The normalized spacial score (nSPS) is 29.4. The summed E-state index contributed by atoms with van der Waals surface area (Å²) in [5.41, 5.74) is 8.00. The van der Waals surface area contributed by atoms with Crippen molar-refractivity contribution in [1.29, 1.82) is 0 Å². The number of aromatic hydroxyl groups is 3. The number of phenolic OH excluding ortho intramolecular Hbond substituents is 3. The number of likely N-dealkylation sites (N-methyl/N-ethyl adjacent to an activating group) is 1. The van der Waals surface area contributed by atoms with Crippen molar-refractivity contribution in [2.24, 2.45) is 17.4 Å². The highest BCUT2D eigenvalue weighted by Gasteiger charge is 2.51. The number of fused-ring (bicyclic) bond motifs is 15. The molecule has 21 N–H and O–H groups in total. The highest BCUT2D eigenvalue weighted by Crippen LogP contribution is 2.50. The van der Waals surface area contributed by atoms with Gasteiger partial charge in [-0.1, -0.05) is 55.2 Å². The second-order valence-electron chi connectivity index (χ2n) is 25.7. The van der Waals surface area contributed by atoms with Crippen molar-refractivity contribution < 1.29 is 118 Å². The Balaban J connectivity index is 1.24. The van der Waals surface area contributed by atoms with Crippen molar-refractivity contribution >= 4 is 70.5 Å². The number of primary amides is 1. The Hall–Kier alpha value is -9.20. The van der Waals surface area contributed by atoms with E-state index in [0.717, 1.165) is 66.7 Å². The van der Waals surface area contributed by atoms with E-state index in [-0.39, 0.29) is 46.2 Å². The molecule has 35 heteroatoms. The first-order valence-corrected chi connectivity index (χ1v) is 32.4. The third kappa shape index (κ3) is 15.8. The van der Waals surface area contributed by atoms with Crippen LogP contribution in [0.3, 0.4) is 0 Å². The lowest BCUT2D eigenvalue weighted by molar-refractivity contribution is -0.333. The van der Waals surface area contributed by atoms with Crippen molar-refractivity contribution in [2.75, 3.05) is 13.7 Å². The Morgan fingerprint density at radius 3 is 1.90 bits per heavy atom. The van der Waals surface area contributed by atoms with Gasteiger partial charge in [-0.15, -0.1) is 0 Å². The van der Waals surface area contributed by atoms with Gasteiger partial charge in [0.05, 0.1) is 41.3 Å². The summed E-state index contributed by atoms with van der Waals surface area (Å²) in [4.78, 5) is 117. The van der Waals surface area contributed by atoms with E-state index in [1.165, 1.54) is 33.0 Å². The number of carbonyl (C=O) groups is 8. The lowest BCUT2D eigenvalue weighted by Gasteiger charge is -2.47. The van der Waals surface area contributed by atoms with Crippen LogP contribution in [0.1, 0.15) is 105 Å². The van der Waals surface area contributed by atoms with E-state index < -0.39 is 237 Å². The fourth-order valence-electron chi connectivity index (χ4n) is 12.5. The number of phenols is 3. The van der Waals surface area contributed by atoms with Crippen LogP contribution in [0.5, 0.6) is 46.0 Å². The molecule has 2 saturated heterocycles. The van der Waals surface area contributed by atoms with Crippen LogP contribution in [0.15, 0.2) is 78.9 Å². The van der Waals surface area contributed by atoms with E-state index in [1.54, 1.807) is 0 Å². The smallest absolute Gasteiger partial charge is 0.330 e. The SMILES string of the molecule is CN[C@H](CC(C)C)C(=O)N[C@H]1C(=O)N[C@@H](CC(N)=O)C(=O)N[C@H]2C(=O)N[C@H]3C(=O)NC(C(=O)N[C@H](C(=O)O)c4cc(O)cc(O)c4-c4cc3ccc4O)[C@H](O)c3ccc(c(Cl)c3)Oc3cc2cc(c3O[C@H]2O[C@@H](CO)[C@H](O)[C@@H](O)[C@@H]2O[C@@H]2C[C@](C)(N)[C@@H](O)[C@@H](C)O2)Oc2ccc(cc2Cl)[C@H]1O. The van der Waals surface area contributed by atoms with E-state index in [1.807, 2.05) is 13.8 Å². The zero-order valence-electron chi connectivity index (χ0n) is 54.3. The number of carboxylic acids is 1. The molecule has 0 spiro atoms. The van der Waals surface area contributed by atoms with Gasteiger partial charge in [-0.25, -0.2) is 4.79 Å². The molecule has 12 rings (SSSR count). The maximum absolute atomic E-state index is 16.0. The van der Waals surface area contributed by atoms with Crippen LogP contribution >= 0.6 is 23.2 Å². The minimum atomic E-state index is -2.35. The summed E-state index contributed by atoms with van der Waals surface area (Å²) in [6, 6.07) is -0.679. The first-order chi connectivity index (χ1) is 47.7. The predicted octanol–water partition coefficient (Wildman–Crippen LogP) is 0.106. The Morgan fingerprint density at radius 1 is 0.713 bits per heavy atom. The van der Waals surface area contributed by atoms with Crippen LogP contribution in [0.4, 0.5) is 0 Å². The number of halogens is 2. The average molecular weight is 1450 g/mol. The van der Waals surface area contributed by atoms with Gasteiger partial charge in [0.1, 0.15) is 89.5 Å². The molecule has 33 nitrogen and oxygen atoms in total. The van der Waals surface area contributed by atoms with E-state index >= 15 is 14.4 Å². The fourth-order valence-corrected chi connectivity index (χ4v) is 12.9. The standard InChI is InChI=1S/C66H75Cl2N9O24/c1-23(2)12-34(71-5)58(88)76-49-51(83)26-7-10-38(32(67)14-26)97-40-16-28-17-41(55(40)101-65-56(54(86)53(85)42(22-78)99-65)100-44-21-66(4,70)57(87)24(3)96-44)98-39-11-8-27(15-33(39)68)52(84)50-63(93)75-48(64(94)95)31-18-29(79)19-37(81)45(31)30-13-25(6-9-36(30)80)46(60(90)77-50)74-61(91)47(28)73-59(89)35(20-43(69)82)72-62(49)92/h6-11,13-19,23-24,34-35,42,44,46-54,56-57,65,71,78-81,83-87H,12,20-22,70H2,1-5H3,(H2,69,82)(H,72,92)(H,73,89)(H,74,91)(H,75,93)(H,76,88)(H,77,90)(H,94,95)/t24-,34-,35+,42+,44-,46-,47-,48+,49-,50?,51-,52-,53+,54-,56+,57+,65-,66+/m1/s1. The number of amides is 7. The first kappa shape index (κ1) is 74.5. The third-order valence-electron chi connectivity index (χ3n) is 17.8. The highest BCUT2D eigenvalue weighted by atomic mass is 35.5. The molecule has 0 aromatic heterocycles. The molecule has 0 radical (unpaired) electrons. The van der Waals surface area contributed by atoms with Gasteiger partial charge in [-0.2, -0.15) is 0 Å². The Kier molecular flexibility index (Phi) is 22.2. The van der Waals surface area contributed by atoms with Crippen LogP contribution < -0.4 is 62.9 Å². The second-order valence-corrected chi connectivity index (χ2v) is 26.5. The first-order valence-electron chi connectivity index (χ1n) is 31.6. The molecule has 0 aliphatic carbocycles. The molecule has 2 fully saturated rings. The number of nitrogens with one attached hydrogen (secondary N) is 7. The van der Waals surface area contributed by atoms with Crippen molar-refractivity contribution in [2.45, 2.75) is 156 Å². The van der Waals surface area contributed by atoms with E-state index in [9.17, 15) is 75.0 Å². The van der Waals surface area contributed by atoms with Gasteiger partial charge >= 0.3 is 5.97 Å². The fraction of sp³-hybridized carbons (Fsp3) is 0.424. The van der Waals surface area contributed by atoms with Crippen molar-refractivity contribution in [1.82, 2.24) is 37.2 Å². The summed E-state index contributed by atoms with van der Waals surface area (Å²) >= 11 is 14.1. The second kappa shape index (κ2) is 30.2. The Bertz CT molecular complexity index is 4070. The van der Waals surface area contributed by atoms with Crippen molar-refractivity contribution in [3.05, 3.63) is 117 Å². The predicted molar refractivity (Wildman–Crippen MR) is 349 cm³/mol. The van der Waals surface area contributed by atoms with Crippen LogP contribution in [-0.4, -0.2) is 191 Å². The maximum Gasteiger partial charge on any atom is 0.330 e. The van der Waals surface area contributed by atoms with Crippen LogP contribution in [0.2, 0.25) is 10.0 Å². The van der Waals surface area contributed by atoms with Gasteiger partial charge in [0.25, 0.3) is 0 Å². The van der Waals surface area contributed by atoms with Gasteiger partial charge in [0.15, 0.2) is 29.9 Å². The largest absolute Gasteiger partial charge is 0.508 e. The molecule has 18 atom stereocenters. The van der Waals surface area contributed by atoms with Gasteiger partial charge in [-0.05, 0) is 110 Å². The number of hydrogen-bond acceptors (Lipinski definition) is 25. The topological polar surface area (TPSA) is 530 Å². The monoisotopic (exact) mass is 1450 g/mol. The molecule has 7 aliphatic rings. The minimum absolute atomic E-state index is 0.0975. The van der Waals surface area contributed by atoms with Crippen LogP contribution in [-0.2, 0) is 52.6 Å². The molecule has 101 heavy (non-hydrogen) atoms. The molecular weight excluding hydrogens is 1370 g/mol. The Morgan fingerprint density at radius 2 is 1.32 bits per heavy atom. The van der Waals surface area contributed by atoms with Crippen molar-refractivity contribution in [3.8, 4) is 57.1 Å². The molecule has 0 saturated carbocycles. The minimum Gasteiger partial charge on any atom is -0.508 e. The molecule has 5 aromatic rings. The average Bonchev–Trinajstić information content (AvgIpc) is 0.775. The molecule has 542 valence electrons. The lowest BCUT2D eigenvalue weighted by atomic mass is 9.86. The number of carbonyl (C=O) groups excluding carboxylic acids is 7. The van der Waals surface area contributed by atoms with Gasteiger partial charge in [0, 0.05) is 34.7 Å². The number of aliphatic hydroxyl groups is 6. The summed E-state index contributed by atoms with van der Waals surface area (Å²) in [7, 11) is 1.47. The van der Waals surface area contributed by atoms with Crippen LogP contribution in [0, 0.1) is 5.92 Å². The summed E-state index contributed by atoms with van der Waals surface area (Å²) in [6.07, 6.45) is -18.6. The maximum atomic E-state index is 16.0. The van der Waals surface area contributed by atoms with E-state index in [4.69, 9.17) is 63.1 Å². The number of rotatable bonds is 13. The number of benzene rings is 5. The van der Waals surface area contributed by atoms with Gasteiger partial charge in [0.2, 0.25) is 53.4 Å². The number of carboxylic acid groups (broad SMARTS) is 1. The van der Waals surface area contributed by atoms with Crippen molar-refractivity contribution in [3.63, 3.8) is 0 Å². The number of hydrogen-bond donors (Lipinski definition) is 19. The summed E-state index contributed by atoms with van der Waals surface area (Å²) in [6.45, 7) is 5.66. The summed E-state index contributed by atoms with van der Waals surface area (Å²) in [5, 5.41) is 131. The molecule has 7 aliphatic heterocycles. The van der Waals surface area contributed by atoms with Gasteiger partial charge < -0.3 is 128 Å². The molecular formula is C66H75Cl2N9O24. The molecule has 7 amide bonds. The summed E-state index contributed by atoms with van der Waals surface area (Å²) < 4.78 is 38.3. The van der Waals surface area contributed by atoms with E-state index in [2.05, 4.69) is 37.2 Å². The number of nitrogens with two attached hydrogens (primary N) is 2. The number of aliphatic carboxylic acids is 1. The highest BCUT2D eigenvalue weighted by molar-refractivity contribution is 6.32. The quantitative estimate of drug-likeness (QED) is 0.0743. The zero-order chi connectivity index (χ0) is 73.5. The number of ether oxygens (including phenoxy) is 6. The number of aliphatic hydroxyl groups excluding tert-OH is 6. The molecule has 7 heterocycles. The molecule has 11 bridgehead atoms. The molecule has 1 unspecified atom stereocenters. The zero-order valence-corrected chi connectivity index (χ0v) is 55.8.